The fraction of sp³-hybridized carbons (Fsp3) is 0.647. The third-order valence-electron chi connectivity index (χ3n) is 3.98. The van der Waals surface area contributed by atoms with Gasteiger partial charge in [-0.25, -0.2) is 0 Å². The van der Waals surface area contributed by atoms with E-state index >= 15 is 0 Å². The predicted octanol–water partition coefficient (Wildman–Crippen LogP) is 6.40. The van der Waals surface area contributed by atoms with Crippen LogP contribution in [0.25, 0.3) is 6.08 Å². The maximum atomic E-state index is 3.69. The van der Waals surface area contributed by atoms with Gasteiger partial charge in [-0.1, -0.05) is 61.5 Å². The molecule has 0 aliphatic heterocycles. The first-order chi connectivity index (χ1) is 9.00. The normalized spacial score (nSPS) is 18.8. The molecule has 1 aliphatic rings. The largest absolute Gasteiger partial charge is 0.140 e. The van der Waals surface area contributed by atoms with Crippen LogP contribution in [-0.2, 0) is 5.41 Å². The second kappa shape index (κ2) is 6.58. The lowest BCUT2D eigenvalue weighted by Gasteiger charge is -2.23. The molecule has 2 heteroatoms. The molecule has 0 amide bonds. The van der Waals surface area contributed by atoms with Crippen molar-refractivity contribution in [1.29, 1.82) is 0 Å². The van der Waals surface area contributed by atoms with Crippen LogP contribution < -0.4 is 0 Å². The highest BCUT2D eigenvalue weighted by Crippen LogP contribution is 2.34. The van der Waals surface area contributed by atoms with E-state index in [0.717, 1.165) is 11.2 Å². The van der Waals surface area contributed by atoms with Crippen LogP contribution in [-0.4, -0.2) is 5.33 Å². The van der Waals surface area contributed by atoms with Gasteiger partial charge >= 0.3 is 0 Å². The van der Waals surface area contributed by atoms with Crippen molar-refractivity contribution in [3.63, 3.8) is 0 Å². The van der Waals surface area contributed by atoms with Crippen LogP contribution >= 0.6 is 27.3 Å². The van der Waals surface area contributed by atoms with E-state index in [2.05, 4.69) is 54.9 Å². The van der Waals surface area contributed by atoms with E-state index in [9.17, 15) is 0 Å². The fourth-order valence-electron chi connectivity index (χ4n) is 2.76. The third-order valence-corrected chi connectivity index (χ3v) is 6.08. The van der Waals surface area contributed by atoms with E-state index in [-0.39, 0.29) is 5.41 Å². The topological polar surface area (TPSA) is 0 Å². The van der Waals surface area contributed by atoms with Crippen LogP contribution in [0.15, 0.2) is 17.7 Å². The van der Waals surface area contributed by atoms with E-state index in [4.69, 9.17) is 0 Å². The molecule has 1 aliphatic carbocycles. The summed E-state index contributed by atoms with van der Waals surface area (Å²) in [5.74, 6) is 0.813. The molecule has 0 N–H and O–H groups in total. The van der Waals surface area contributed by atoms with Gasteiger partial charge in [0.15, 0.2) is 0 Å². The lowest BCUT2D eigenvalue weighted by molar-refractivity contribution is 0.406. The van der Waals surface area contributed by atoms with Crippen LogP contribution in [0.4, 0.5) is 0 Å². The number of alkyl halides is 1. The van der Waals surface area contributed by atoms with Gasteiger partial charge in [-0.15, -0.1) is 11.3 Å². The van der Waals surface area contributed by atoms with Crippen LogP contribution in [0.5, 0.6) is 0 Å². The second-order valence-electron chi connectivity index (χ2n) is 6.64. The van der Waals surface area contributed by atoms with E-state index in [0.29, 0.717) is 0 Å². The summed E-state index contributed by atoms with van der Waals surface area (Å²) in [5, 5.41) is 1.03. The monoisotopic (exact) mass is 340 g/mol. The van der Waals surface area contributed by atoms with Gasteiger partial charge < -0.3 is 0 Å². The average Bonchev–Trinajstić information content (AvgIpc) is 2.85. The molecular weight excluding hydrogens is 316 g/mol. The van der Waals surface area contributed by atoms with Gasteiger partial charge in [0.2, 0.25) is 0 Å². The van der Waals surface area contributed by atoms with Gasteiger partial charge in [0.05, 0.1) is 0 Å². The summed E-state index contributed by atoms with van der Waals surface area (Å²) < 4.78 is 0. The van der Waals surface area contributed by atoms with Crippen molar-refractivity contribution >= 4 is 33.3 Å². The molecule has 0 saturated heterocycles. The molecule has 1 fully saturated rings. The zero-order valence-electron chi connectivity index (χ0n) is 12.3. The maximum absolute atomic E-state index is 3.69. The molecule has 0 nitrogen and oxygen atoms in total. The van der Waals surface area contributed by atoms with Gasteiger partial charge in [-0.3, -0.25) is 0 Å². The number of hydrogen-bond donors (Lipinski definition) is 0. The third kappa shape index (κ3) is 4.19. The lowest BCUT2D eigenvalue weighted by Crippen LogP contribution is -2.09. The van der Waals surface area contributed by atoms with Gasteiger partial charge in [0, 0.05) is 15.1 Å². The minimum absolute atomic E-state index is 0.274. The smallest absolute Gasteiger partial charge is 0.0273 e. The Morgan fingerprint density at radius 2 is 1.95 bits per heavy atom. The minimum Gasteiger partial charge on any atom is -0.140 e. The van der Waals surface area contributed by atoms with E-state index in [1.807, 2.05) is 11.3 Å². The zero-order valence-corrected chi connectivity index (χ0v) is 14.7. The van der Waals surface area contributed by atoms with Gasteiger partial charge in [-0.2, -0.15) is 0 Å². The molecular formula is C17H25BrS. The van der Waals surface area contributed by atoms with Gasteiger partial charge in [0.25, 0.3) is 0 Å². The maximum Gasteiger partial charge on any atom is 0.0273 e. The molecule has 1 heterocycles. The van der Waals surface area contributed by atoms with E-state index in [1.165, 1.54) is 41.9 Å². The number of hydrogen-bond acceptors (Lipinski definition) is 1. The highest BCUT2D eigenvalue weighted by atomic mass is 79.9. The first-order valence-corrected chi connectivity index (χ1v) is 9.31. The van der Waals surface area contributed by atoms with E-state index in [1.54, 1.807) is 5.57 Å². The molecule has 0 aromatic carbocycles. The van der Waals surface area contributed by atoms with Crippen LogP contribution in [0.3, 0.4) is 0 Å². The summed E-state index contributed by atoms with van der Waals surface area (Å²) in [6, 6.07) is 4.58. The Hall–Kier alpha value is -0.0800. The Labute approximate surface area is 130 Å². The summed E-state index contributed by atoms with van der Waals surface area (Å²) in [7, 11) is 0. The SMILES string of the molecule is CC(C)(C)c1ccc(/C=C(/CBr)C2CCCCC2)s1. The Kier molecular flexibility index (Phi) is 5.30. The molecule has 0 unspecified atom stereocenters. The Balaban J connectivity index is 2.15. The molecule has 1 saturated carbocycles. The number of rotatable bonds is 3. The second-order valence-corrected chi connectivity index (χ2v) is 8.32. The average molecular weight is 341 g/mol. The summed E-state index contributed by atoms with van der Waals surface area (Å²) >= 11 is 5.64. The van der Waals surface area contributed by atoms with Crippen LogP contribution in [0.2, 0.25) is 0 Å². The van der Waals surface area contributed by atoms with Crippen LogP contribution in [0, 0.1) is 5.92 Å². The van der Waals surface area contributed by atoms with Crippen molar-refractivity contribution in [2.24, 2.45) is 5.92 Å². The van der Waals surface area contributed by atoms with Crippen molar-refractivity contribution in [3.05, 3.63) is 27.5 Å². The first kappa shape index (κ1) is 15.3. The molecule has 106 valence electrons. The summed E-state index contributed by atoms with van der Waals surface area (Å²) in [4.78, 5) is 2.90. The van der Waals surface area contributed by atoms with Crippen molar-refractivity contribution in [2.45, 2.75) is 58.3 Å². The van der Waals surface area contributed by atoms with Crippen molar-refractivity contribution in [1.82, 2.24) is 0 Å². The molecule has 19 heavy (non-hydrogen) atoms. The standard InChI is InChI=1S/C17H25BrS/c1-17(2,3)16-10-9-15(19-16)11-14(12-18)13-7-5-4-6-8-13/h9-11,13H,4-8,12H2,1-3H3/b14-11-. The Morgan fingerprint density at radius 1 is 1.26 bits per heavy atom. The minimum atomic E-state index is 0.274. The zero-order chi connectivity index (χ0) is 13.9. The van der Waals surface area contributed by atoms with Gasteiger partial charge in [-0.05, 0) is 42.4 Å². The molecule has 0 spiro atoms. The highest BCUT2D eigenvalue weighted by Gasteiger charge is 2.18. The van der Waals surface area contributed by atoms with E-state index < -0.39 is 0 Å². The van der Waals surface area contributed by atoms with Crippen LogP contribution in [0.1, 0.15) is 62.6 Å². The van der Waals surface area contributed by atoms with Crippen molar-refractivity contribution in [3.8, 4) is 0 Å². The summed E-state index contributed by atoms with van der Waals surface area (Å²) in [6.07, 6.45) is 9.45. The molecule has 0 bridgehead atoms. The Morgan fingerprint density at radius 3 is 2.47 bits per heavy atom. The summed E-state index contributed by atoms with van der Waals surface area (Å²) in [6.45, 7) is 6.87. The van der Waals surface area contributed by atoms with Crippen molar-refractivity contribution < 1.29 is 0 Å². The lowest BCUT2D eigenvalue weighted by atomic mass is 9.84. The Bertz CT molecular complexity index is 430. The molecule has 0 atom stereocenters. The number of halogens is 1. The number of thiophene rings is 1. The first-order valence-electron chi connectivity index (χ1n) is 7.37. The van der Waals surface area contributed by atoms with Gasteiger partial charge in [0.1, 0.15) is 0 Å². The highest BCUT2D eigenvalue weighted by molar-refractivity contribution is 9.09. The molecule has 0 radical (unpaired) electrons. The van der Waals surface area contributed by atoms with Crippen molar-refractivity contribution in [2.75, 3.05) is 5.33 Å². The molecule has 1 aromatic rings. The number of allylic oxidation sites excluding steroid dienone is 1. The predicted molar refractivity (Wildman–Crippen MR) is 91.4 cm³/mol. The summed E-state index contributed by atoms with van der Waals surface area (Å²) in [5.41, 5.74) is 1.87. The quantitative estimate of drug-likeness (QED) is 0.558. The molecule has 2 rings (SSSR count). The fourth-order valence-corrected chi connectivity index (χ4v) is 4.42. The molecule has 1 aromatic heterocycles.